The van der Waals surface area contributed by atoms with Gasteiger partial charge in [-0.1, -0.05) is 12.2 Å². The van der Waals surface area contributed by atoms with E-state index >= 15 is 0 Å². The molecule has 0 aromatic heterocycles. The van der Waals surface area contributed by atoms with Crippen LogP contribution < -0.4 is 5.73 Å². The Kier molecular flexibility index (Phi) is 2.06. The molecular weight excluding hydrogens is 200 g/mol. The highest BCUT2D eigenvalue weighted by molar-refractivity contribution is 6.06. The summed E-state index contributed by atoms with van der Waals surface area (Å²) in [4.78, 5) is 15.9. The third kappa shape index (κ3) is 1.35. The van der Waals surface area contributed by atoms with Crippen molar-refractivity contribution in [2.75, 3.05) is 0 Å². The Bertz CT molecular complexity index is 480. The Hall–Kier alpha value is -1.64. The van der Waals surface area contributed by atoms with Gasteiger partial charge in [0.2, 0.25) is 5.91 Å². The second-order valence-electron chi connectivity index (χ2n) is 4.54. The van der Waals surface area contributed by atoms with Gasteiger partial charge < -0.3 is 5.73 Å². The van der Waals surface area contributed by atoms with Crippen LogP contribution in [0.25, 0.3) is 0 Å². The molecule has 0 radical (unpaired) electrons. The molecule has 3 rings (SSSR count). The van der Waals surface area contributed by atoms with Crippen LogP contribution in [0.4, 0.5) is 0 Å². The van der Waals surface area contributed by atoms with Crippen molar-refractivity contribution in [3.63, 3.8) is 0 Å². The summed E-state index contributed by atoms with van der Waals surface area (Å²) in [5.74, 6) is -0.164. The Balaban J connectivity index is 1.97. The molecule has 1 saturated carbocycles. The molecule has 1 heterocycles. The maximum atomic E-state index is 11.2. The van der Waals surface area contributed by atoms with Gasteiger partial charge in [-0.3, -0.25) is 9.79 Å². The summed E-state index contributed by atoms with van der Waals surface area (Å²) in [7, 11) is 0. The maximum absolute atomic E-state index is 11.2. The van der Waals surface area contributed by atoms with Crippen LogP contribution in [0.3, 0.4) is 0 Å². The molecule has 1 amide bonds. The number of nitrogens with zero attached hydrogens (tertiary/aromatic N) is 1. The van der Waals surface area contributed by atoms with Gasteiger partial charge in [0.05, 0.1) is 5.70 Å². The molecule has 0 spiro atoms. The number of rotatable bonds is 1. The zero-order valence-electron chi connectivity index (χ0n) is 9.07. The van der Waals surface area contributed by atoms with Gasteiger partial charge in [-0.15, -0.1) is 0 Å². The topological polar surface area (TPSA) is 55.5 Å². The molecule has 3 aliphatic rings. The highest BCUT2D eigenvalue weighted by Gasteiger charge is 2.32. The lowest BCUT2D eigenvalue weighted by atomic mass is 9.81. The van der Waals surface area contributed by atoms with Crippen LogP contribution in [0.1, 0.15) is 25.7 Å². The lowest BCUT2D eigenvalue weighted by molar-refractivity contribution is -0.121. The zero-order valence-corrected chi connectivity index (χ0v) is 9.07. The monoisotopic (exact) mass is 214 g/mol. The van der Waals surface area contributed by atoms with Crippen molar-refractivity contribution in [1.29, 1.82) is 0 Å². The van der Waals surface area contributed by atoms with Crippen LogP contribution in [0.2, 0.25) is 0 Å². The second-order valence-corrected chi connectivity index (χ2v) is 4.54. The minimum Gasteiger partial charge on any atom is -0.369 e. The summed E-state index contributed by atoms with van der Waals surface area (Å²) in [5, 5.41) is 0. The first kappa shape index (κ1) is 9.58. The van der Waals surface area contributed by atoms with Crippen molar-refractivity contribution in [2.24, 2.45) is 16.6 Å². The first-order valence-electron chi connectivity index (χ1n) is 5.72. The summed E-state index contributed by atoms with van der Waals surface area (Å²) in [6, 6.07) is 0. The van der Waals surface area contributed by atoms with E-state index in [1.807, 2.05) is 6.08 Å². The van der Waals surface area contributed by atoms with E-state index in [4.69, 9.17) is 5.73 Å². The standard InChI is InChI=1S/C13H14N2O/c14-13(16)8-5-6-12-10(7-8)9-3-1-2-4-11(9)15-12/h1-2,4,8H,3,5-7H2,(H2,14,16). The molecule has 2 aliphatic carbocycles. The average Bonchev–Trinajstić information content (AvgIpc) is 2.66. The summed E-state index contributed by atoms with van der Waals surface area (Å²) in [6.45, 7) is 0. The molecule has 1 aliphatic heterocycles. The molecule has 1 unspecified atom stereocenters. The number of aliphatic imine (C=N–C) groups is 1. The molecule has 3 nitrogen and oxygen atoms in total. The summed E-state index contributed by atoms with van der Waals surface area (Å²) >= 11 is 0. The normalized spacial score (nSPS) is 27.1. The number of carbonyl (C=O) groups excluding carboxylic acids is 1. The number of fused-ring (bicyclic) bond motifs is 2. The number of hydrogen-bond donors (Lipinski definition) is 1. The van der Waals surface area contributed by atoms with Gasteiger partial charge in [0.1, 0.15) is 0 Å². The van der Waals surface area contributed by atoms with Crippen molar-refractivity contribution in [3.8, 4) is 0 Å². The van der Waals surface area contributed by atoms with Crippen molar-refractivity contribution in [3.05, 3.63) is 35.1 Å². The third-order valence-electron chi connectivity index (χ3n) is 3.57. The van der Waals surface area contributed by atoms with Gasteiger partial charge >= 0.3 is 0 Å². The van der Waals surface area contributed by atoms with Gasteiger partial charge in [0.15, 0.2) is 0 Å². The van der Waals surface area contributed by atoms with Crippen LogP contribution in [0.5, 0.6) is 0 Å². The molecule has 0 aromatic rings. The zero-order chi connectivity index (χ0) is 11.1. The molecule has 2 N–H and O–H groups in total. The largest absolute Gasteiger partial charge is 0.369 e. The van der Waals surface area contributed by atoms with Crippen LogP contribution >= 0.6 is 0 Å². The highest BCUT2D eigenvalue weighted by atomic mass is 16.1. The first-order chi connectivity index (χ1) is 7.75. The number of carbonyl (C=O) groups is 1. The number of nitrogens with two attached hydrogens (primary N) is 1. The van der Waals surface area contributed by atoms with E-state index in [0.29, 0.717) is 0 Å². The molecule has 3 heteroatoms. The Morgan fingerprint density at radius 3 is 3.12 bits per heavy atom. The SMILES string of the molecule is NC(=O)C1CCC2=NC3=CC=CCC3=C2C1. The second kappa shape index (κ2) is 3.44. The predicted molar refractivity (Wildman–Crippen MR) is 62.8 cm³/mol. The lowest BCUT2D eigenvalue weighted by Crippen LogP contribution is -2.28. The Morgan fingerprint density at radius 2 is 2.31 bits per heavy atom. The van der Waals surface area contributed by atoms with Gasteiger partial charge in [0.25, 0.3) is 0 Å². The van der Waals surface area contributed by atoms with Gasteiger partial charge in [-0.05, 0) is 42.9 Å². The molecule has 1 atom stereocenters. The molecule has 16 heavy (non-hydrogen) atoms. The van der Waals surface area contributed by atoms with E-state index in [2.05, 4.69) is 17.1 Å². The molecule has 1 fully saturated rings. The van der Waals surface area contributed by atoms with E-state index in [-0.39, 0.29) is 11.8 Å². The minimum absolute atomic E-state index is 0.00621. The number of allylic oxidation sites excluding steroid dienone is 5. The van der Waals surface area contributed by atoms with E-state index in [0.717, 1.165) is 31.4 Å². The van der Waals surface area contributed by atoms with Gasteiger partial charge in [-0.2, -0.15) is 0 Å². The minimum atomic E-state index is -0.170. The molecule has 0 bridgehead atoms. The van der Waals surface area contributed by atoms with Crippen molar-refractivity contribution in [1.82, 2.24) is 0 Å². The van der Waals surface area contributed by atoms with Crippen LogP contribution in [-0.2, 0) is 4.79 Å². The van der Waals surface area contributed by atoms with E-state index < -0.39 is 0 Å². The van der Waals surface area contributed by atoms with E-state index in [1.54, 1.807) is 0 Å². The van der Waals surface area contributed by atoms with Crippen LogP contribution in [-0.4, -0.2) is 11.6 Å². The predicted octanol–water partition coefficient (Wildman–Crippen LogP) is 1.87. The van der Waals surface area contributed by atoms with Gasteiger partial charge in [-0.25, -0.2) is 0 Å². The van der Waals surface area contributed by atoms with Crippen molar-refractivity contribution >= 4 is 11.6 Å². The lowest BCUT2D eigenvalue weighted by Gasteiger charge is -2.22. The smallest absolute Gasteiger partial charge is 0.220 e. The fraction of sp³-hybridized carbons (Fsp3) is 0.385. The van der Waals surface area contributed by atoms with Crippen LogP contribution in [0, 0.1) is 5.92 Å². The van der Waals surface area contributed by atoms with Gasteiger partial charge in [0, 0.05) is 11.6 Å². The third-order valence-corrected chi connectivity index (χ3v) is 3.57. The fourth-order valence-electron chi connectivity index (χ4n) is 2.67. The maximum Gasteiger partial charge on any atom is 0.220 e. The van der Waals surface area contributed by atoms with Crippen LogP contribution in [0.15, 0.2) is 40.1 Å². The van der Waals surface area contributed by atoms with E-state index in [9.17, 15) is 4.79 Å². The molecule has 0 aromatic carbocycles. The number of amides is 1. The average molecular weight is 214 g/mol. The molecule has 0 saturated heterocycles. The Labute approximate surface area is 94.4 Å². The Morgan fingerprint density at radius 1 is 1.44 bits per heavy atom. The highest BCUT2D eigenvalue weighted by Crippen LogP contribution is 2.39. The summed E-state index contributed by atoms with van der Waals surface area (Å²) in [5.41, 5.74) is 10.3. The quantitative estimate of drug-likeness (QED) is 0.711. The fourth-order valence-corrected chi connectivity index (χ4v) is 2.67. The first-order valence-corrected chi connectivity index (χ1v) is 5.72. The number of hydrogen-bond acceptors (Lipinski definition) is 2. The van der Waals surface area contributed by atoms with E-state index in [1.165, 1.54) is 16.9 Å². The van der Waals surface area contributed by atoms with Crippen molar-refractivity contribution in [2.45, 2.75) is 25.7 Å². The summed E-state index contributed by atoms with van der Waals surface area (Å²) in [6.07, 6.45) is 9.71. The molecular formula is C13H14N2O. The molecule has 82 valence electrons. The number of primary amides is 1. The summed E-state index contributed by atoms with van der Waals surface area (Å²) < 4.78 is 0. The van der Waals surface area contributed by atoms with Crippen molar-refractivity contribution < 1.29 is 4.79 Å².